The average Bonchev–Trinajstić information content (AvgIpc) is 3.43. The molecule has 9 aromatic rings. The summed E-state index contributed by atoms with van der Waals surface area (Å²) in [6.45, 7) is 0. The first-order valence-electron chi connectivity index (χ1n) is 16.0. The minimum atomic E-state index is 0.659. The molecule has 0 saturated carbocycles. The third-order valence-corrected chi connectivity index (χ3v) is 9.56. The molecule has 0 bridgehead atoms. The summed E-state index contributed by atoms with van der Waals surface area (Å²) in [7, 11) is 0. The lowest BCUT2D eigenvalue weighted by atomic mass is 9.90. The van der Waals surface area contributed by atoms with Crippen molar-refractivity contribution in [3.8, 4) is 61.8 Å². The highest BCUT2D eigenvalue weighted by Crippen LogP contribution is 2.51. The SMILES string of the molecule is c1ccc(-c2cc(-c3ccccc3)nc(-n3c4cccc5c4c4c6c(cccc6c(-c6ccccc6)cc43)-c3ccccc3-5)n2)cc1. The lowest BCUT2D eigenvalue weighted by molar-refractivity contribution is 0.996. The number of hydrogen-bond acceptors (Lipinski definition) is 2. The Kier molecular flexibility index (Phi) is 5.57. The maximum atomic E-state index is 5.32. The van der Waals surface area contributed by atoms with Crippen molar-refractivity contribution in [3.63, 3.8) is 0 Å². The molecule has 1 aliphatic rings. The van der Waals surface area contributed by atoms with Crippen LogP contribution in [0.4, 0.5) is 0 Å². The standard InChI is InChI=1S/C44H27N3/c1-4-14-28(15-5-1)36-26-40-43-41-33(22-12-23-35(36)41)31-20-10-11-21-32(31)34-24-13-25-39(42(34)43)47(40)44-45-37(29-16-6-2-7-17-29)27-38(46-44)30-18-8-3-9-19-30/h1-27H. The molecule has 0 N–H and O–H groups in total. The molecule has 0 saturated heterocycles. The van der Waals surface area contributed by atoms with Crippen LogP contribution in [-0.2, 0) is 0 Å². The lowest BCUT2D eigenvalue weighted by Crippen LogP contribution is -2.04. The minimum absolute atomic E-state index is 0.659. The van der Waals surface area contributed by atoms with Crippen LogP contribution >= 0.6 is 0 Å². The number of nitrogens with zero attached hydrogens (tertiary/aromatic N) is 3. The summed E-state index contributed by atoms with van der Waals surface area (Å²) in [5, 5.41) is 5.00. The Morgan fingerprint density at radius 3 is 1.47 bits per heavy atom. The Bertz CT molecular complexity index is 2600. The summed E-state index contributed by atoms with van der Waals surface area (Å²) in [4.78, 5) is 10.6. The van der Waals surface area contributed by atoms with E-state index in [-0.39, 0.29) is 0 Å². The molecule has 0 fully saturated rings. The largest absolute Gasteiger partial charge is 0.278 e. The monoisotopic (exact) mass is 597 g/mol. The number of benzene rings is 7. The Morgan fingerprint density at radius 1 is 0.340 bits per heavy atom. The second-order valence-electron chi connectivity index (χ2n) is 12.2. The fourth-order valence-electron chi connectivity index (χ4n) is 7.53. The lowest BCUT2D eigenvalue weighted by Gasteiger charge is -2.16. The van der Waals surface area contributed by atoms with E-state index in [1.807, 2.05) is 12.1 Å². The predicted octanol–water partition coefficient (Wildman–Crippen LogP) is 11.4. The first-order valence-corrected chi connectivity index (χ1v) is 16.0. The van der Waals surface area contributed by atoms with E-state index in [1.54, 1.807) is 0 Å². The van der Waals surface area contributed by atoms with E-state index < -0.39 is 0 Å². The third kappa shape index (κ3) is 3.87. The van der Waals surface area contributed by atoms with Gasteiger partial charge in [-0.2, -0.15) is 0 Å². The van der Waals surface area contributed by atoms with Gasteiger partial charge in [-0.25, -0.2) is 9.97 Å². The second kappa shape index (κ2) is 10.1. The van der Waals surface area contributed by atoms with Gasteiger partial charge in [-0.05, 0) is 57.0 Å². The van der Waals surface area contributed by atoms with Crippen molar-refractivity contribution in [2.45, 2.75) is 0 Å². The van der Waals surface area contributed by atoms with Gasteiger partial charge in [0.05, 0.1) is 22.4 Å². The molecule has 218 valence electrons. The van der Waals surface area contributed by atoms with E-state index in [0.717, 1.165) is 33.5 Å². The van der Waals surface area contributed by atoms with E-state index in [0.29, 0.717) is 5.95 Å². The van der Waals surface area contributed by atoms with Gasteiger partial charge >= 0.3 is 0 Å². The van der Waals surface area contributed by atoms with Crippen molar-refractivity contribution in [1.29, 1.82) is 0 Å². The Morgan fingerprint density at radius 2 is 0.851 bits per heavy atom. The molecule has 3 nitrogen and oxygen atoms in total. The van der Waals surface area contributed by atoms with Gasteiger partial charge in [0.1, 0.15) is 0 Å². The van der Waals surface area contributed by atoms with Crippen LogP contribution in [0.5, 0.6) is 0 Å². The van der Waals surface area contributed by atoms with Crippen LogP contribution in [0, 0.1) is 0 Å². The minimum Gasteiger partial charge on any atom is -0.278 e. The molecule has 1 aliphatic carbocycles. The van der Waals surface area contributed by atoms with Crippen molar-refractivity contribution in [2.24, 2.45) is 0 Å². The van der Waals surface area contributed by atoms with E-state index in [4.69, 9.17) is 9.97 Å². The molecule has 2 aromatic heterocycles. The van der Waals surface area contributed by atoms with Crippen LogP contribution in [0.25, 0.3) is 94.4 Å². The van der Waals surface area contributed by atoms with Crippen LogP contribution in [0.15, 0.2) is 164 Å². The van der Waals surface area contributed by atoms with Gasteiger partial charge in [0, 0.05) is 27.3 Å². The first-order chi connectivity index (χ1) is 23.3. The molecule has 0 atom stereocenters. The number of aromatic nitrogens is 3. The van der Waals surface area contributed by atoms with Gasteiger partial charge in [0.2, 0.25) is 5.95 Å². The normalized spacial score (nSPS) is 11.8. The summed E-state index contributed by atoms with van der Waals surface area (Å²) in [6, 6.07) is 58.3. The first kappa shape index (κ1) is 26.0. The topological polar surface area (TPSA) is 30.7 Å². The highest BCUT2D eigenvalue weighted by Gasteiger charge is 2.27. The molecule has 10 rings (SSSR count). The van der Waals surface area contributed by atoms with Gasteiger partial charge in [-0.15, -0.1) is 0 Å². The van der Waals surface area contributed by atoms with Gasteiger partial charge in [0.25, 0.3) is 0 Å². The quantitative estimate of drug-likeness (QED) is 0.202. The highest BCUT2D eigenvalue weighted by atomic mass is 15.2. The maximum Gasteiger partial charge on any atom is 0.235 e. The summed E-state index contributed by atoms with van der Waals surface area (Å²) < 4.78 is 2.30. The molecule has 0 spiro atoms. The fourth-order valence-corrected chi connectivity index (χ4v) is 7.53. The van der Waals surface area contributed by atoms with Gasteiger partial charge < -0.3 is 0 Å². The molecule has 7 aromatic carbocycles. The second-order valence-corrected chi connectivity index (χ2v) is 12.2. The number of hydrogen-bond donors (Lipinski definition) is 0. The fraction of sp³-hybridized carbons (Fsp3) is 0. The highest BCUT2D eigenvalue weighted by molar-refractivity contribution is 6.32. The Hall–Kier alpha value is -6.32. The Labute approximate surface area is 272 Å². The zero-order chi connectivity index (χ0) is 30.9. The summed E-state index contributed by atoms with van der Waals surface area (Å²) in [5.41, 5.74) is 13.5. The molecule has 0 aliphatic heterocycles. The van der Waals surface area contributed by atoms with Gasteiger partial charge in [-0.1, -0.05) is 146 Å². The third-order valence-electron chi connectivity index (χ3n) is 9.56. The van der Waals surface area contributed by atoms with Crippen LogP contribution in [0.1, 0.15) is 0 Å². The van der Waals surface area contributed by atoms with Crippen molar-refractivity contribution in [3.05, 3.63) is 164 Å². The van der Waals surface area contributed by atoms with Gasteiger partial charge in [-0.3, -0.25) is 4.57 Å². The van der Waals surface area contributed by atoms with E-state index >= 15 is 0 Å². The molecule has 47 heavy (non-hydrogen) atoms. The van der Waals surface area contributed by atoms with Crippen molar-refractivity contribution < 1.29 is 0 Å². The van der Waals surface area contributed by atoms with Crippen LogP contribution < -0.4 is 0 Å². The molecular formula is C44H27N3. The predicted molar refractivity (Wildman–Crippen MR) is 195 cm³/mol. The van der Waals surface area contributed by atoms with E-state index in [9.17, 15) is 0 Å². The number of rotatable bonds is 4. The van der Waals surface area contributed by atoms with E-state index in [1.165, 1.54) is 54.9 Å². The smallest absolute Gasteiger partial charge is 0.235 e. The van der Waals surface area contributed by atoms with Crippen molar-refractivity contribution in [2.75, 3.05) is 0 Å². The number of fused-ring (bicyclic) bond motifs is 3. The van der Waals surface area contributed by atoms with Crippen molar-refractivity contribution in [1.82, 2.24) is 14.5 Å². The zero-order valence-corrected chi connectivity index (χ0v) is 25.4. The van der Waals surface area contributed by atoms with Crippen LogP contribution in [0.2, 0.25) is 0 Å². The summed E-state index contributed by atoms with van der Waals surface area (Å²) in [5.74, 6) is 0.659. The molecule has 3 heteroatoms. The van der Waals surface area contributed by atoms with Gasteiger partial charge in [0.15, 0.2) is 0 Å². The van der Waals surface area contributed by atoms with Crippen LogP contribution in [0.3, 0.4) is 0 Å². The zero-order valence-electron chi connectivity index (χ0n) is 25.4. The van der Waals surface area contributed by atoms with Crippen LogP contribution in [-0.4, -0.2) is 14.5 Å². The molecule has 2 heterocycles. The molecule has 0 unspecified atom stereocenters. The molecular weight excluding hydrogens is 571 g/mol. The summed E-state index contributed by atoms with van der Waals surface area (Å²) in [6.07, 6.45) is 0. The molecule has 0 amide bonds. The van der Waals surface area contributed by atoms with E-state index in [2.05, 4.69) is 156 Å². The Balaban J connectivity index is 1.41. The summed E-state index contributed by atoms with van der Waals surface area (Å²) >= 11 is 0. The average molecular weight is 598 g/mol. The van der Waals surface area contributed by atoms with Crippen molar-refractivity contribution >= 4 is 32.6 Å². The maximum absolute atomic E-state index is 5.32. The molecule has 0 radical (unpaired) electrons.